The SMILES string of the molecule is CCCOC(=O)C1=C(C)Nc2nnnn2C1c1ccc(OCc2ccccc2)c(OC)c1. The highest BCUT2D eigenvalue weighted by atomic mass is 16.5. The van der Waals surface area contributed by atoms with Gasteiger partial charge >= 0.3 is 5.97 Å². The lowest BCUT2D eigenvalue weighted by atomic mass is 9.95. The minimum Gasteiger partial charge on any atom is -0.493 e. The summed E-state index contributed by atoms with van der Waals surface area (Å²) in [5.74, 6) is 1.18. The van der Waals surface area contributed by atoms with Crippen molar-refractivity contribution in [3.05, 3.63) is 70.9 Å². The molecule has 4 rings (SSSR count). The topological polar surface area (TPSA) is 100 Å². The van der Waals surface area contributed by atoms with E-state index in [0.29, 0.717) is 41.9 Å². The number of benzene rings is 2. The normalized spacial score (nSPS) is 15.0. The van der Waals surface area contributed by atoms with E-state index in [1.807, 2.05) is 62.4 Å². The highest BCUT2D eigenvalue weighted by molar-refractivity contribution is 5.92. The van der Waals surface area contributed by atoms with E-state index in [1.54, 1.807) is 11.8 Å². The van der Waals surface area contributed by atoms with Crippen LogP contribution in [-0.4, -0.2) is 39.9 Å². The minimum atomic E-state index is -0.567. The van der Waals surface area contributed by atoms with Gasteiger partial charge in [-0.25, -0.2) is 4.79 Å². The molecule has 9 heteroatoms. The number of tetrazole rings is 1. The van der Waals surface area contributed by atoms with Gasteiger partial charge in [0.25, 0.3) is 0 Å². The number of anilines is 1. The zero-order chi connectivity index (χ0) is 22.5. The fourth-order valence-electron chi connectivity index (χ4n) is 3.57. The van der Waals surface area contributed by atoms with Crippen molar-refractivity contribution in [2.24, 2.45) is 0 Å². The number of esters is 1. The highest BCUT2D eigenvalue weighted by Crippen LogP contribution is 2.38. The number of rotatable bonds is 8. The zero-order valence-electron chi connectivity index (χ0n) is 18.2. The Labute approximate surface area is 186 Å². The predicted octanol–water partition coefficient (Wildman–Crippen LogP) is 3.50. The summed E-state index contributed by atoms with van der Waals surface area (Å²) in [6, 6.07) is 14.9. The molecule has 0 fully saturated rings. The molecule has 1 aliphatic heterocycles. The van der Waals surface area contributed by atoms with Crippen LogP contribution in [-0.2, 0) is 16.1 Å². The molecule has 1 atom stereocenters. The van der Waals surface area contributed by atoms with E-state index >= 15 is 0 Å². The van der Waals surface area contributed by atoms with Gasteiger partial charge in [-0.15, -0.1) is 0 Å². The molecule has 0 aliphatic carbocycles. The van der Waals surface area contributed by atoms with E-state index in [0.717, 1.165) is 17.5 Å². The smallest absolute Gasteiger partial charge is 0.338 e. The summed E-state index contributed by atoms with van der Waals surface area (Å²) >= 11 is 0. The van der Waals surface area contributed by atoms with E-state index in [-0.39, 0.29) is 0 Å². The number of methoxy groups -OCH3 is 1. The van der Waals surface area contributed by atoms with Crippen molar-refractivity contribution >= 4 is 11.9 Å². The zero-order valence-corrected chi connectivity index (χ0v) is 18.2. The number of allylic oxidation sites excluding steroid dienone is 1. The van der Waals surface area contributed by atoms with Crippen molar-refractivity contribution in [1.82, 2.24) is 20.2 Å². The molecule has 0 saturated heterocycles. The van der Waals surface area contributed by atoms with Crippen molar-refractivity contribution in [2.45, 2.75) is 32.9 Å². The molecule has 3 aromatic rings. The predicted molar refractivity (Wildman–Crippen MR) is 117 cm³/mol. The Balaban J connectivity index is 1.67. The molecule has 1 N–H and O–H groups in total. The number of carbonyl (C=O) groups is 1. The van der Waals surface area contributed by atoms with Crippen LogP contribution in [0.5, 0.6) is 11.5 Å². The average Bonchev–Trinajstić information content (AvgIpc) is 3.29. The van der Waals surface area contributed by atoms with Crippen molar-refractivity contribution in [3.8, 4) is 11.5 Å². The standard InChI is InChI=1S/C23H25N5O4/c1-4-12-31-22(29)20-15(2)24-23-25-26-27-28(23)21(20)17-10-11-18(19(13-17)30-3)32-14-16-8-6-5-7-9-16/h5-11,13,21H,4,12,14H2,1-3H3,(H,24,25,27). The largest absolute Gasteiger partial charge is 0.493 e. The van der Waals surface area contributed by atoms with Gasteiger partial charge in [-0.3, -0.25) is 0 Å². The number of hydrogen-bond donors (Lipinski definition) is 1. The second-order valence-electron chi connectivity index (χ2n) is 7.33. The lowest BCUT2D eigenvalue weighted by Gasteiger charge is -2.27. The van der Waals surface area contributed by atoms with Crippen LogP contribution in [0.15, 0.2) is 59.8 Å². The van der Waals surface area contributed by atoms with E-state index in [1.165, 1.54) is 0 Å². The Morgan fingerprint density at radius 3 is 2.72 bits per heavy atom. The molecule has 0 bridgehead atoms. The summed E-state index contributed by atoms with van der Waals surface area (Å²) in [4.78, 5) is 12.9. The average molecular weight is 435 g/mol. The molecule has 1 unspecified atom stereocenters. The Bertz CT molecular complexity index is 1130. The van der Waals surface area contributed by atoms with Crippen LogP contribution >= 0.6 is 0 Å². The third-order valence-corrected chi connectivity index (χ3v) is 5.11. The second kappa shape index (κ2) is 9.51. The van der Waals surface area contributed by atoms with Crippen LogP contribution in [0.4, 0.5) is 5.95 Å². The first-order valence-electron chi connectivity index (χ1n) is 10.4. The first-order chi connectivity index (χ1) is 15.6. The number of aromatic nitrogens is 4. The number of carbonyl (C=O) groups excluding carboxylic acids is 1. The van der Waals surface area contributed by atoms with E-state index in [4.69, 9.17) is 14.2 Å². The highest BCUT2D eigenvalue weighted by Gasteiger charge is 2.35. The van der Waals surface area contributed by atoms with Crippen molar-refractivity contribution < 1.29 is 19.0 Å². The first-order valence-corrected chi connectivity index (χ1v) is 10.4. The summed E-state index contributed by atoms with van der Waals surface area (Å²) in [5, 5.41) is 14.9. The quantitative estimate of drug-likeness (QED) is 0.537. The van der Waals surface area contributed by atoms with E-state index in [9.17, 15) is 4.79 Å². The van der Waals surface area contributed by atoms with Gasteiger partial charge in [-0.2, -0.15) is 4.68 Å². The molecule has 1 aliphatic rings. The Hall–Kier alpha value is -3.88. The van der Waals surface area contributed by atoms with Crippen LogP contribution in [0.2, 0.25) is 0 Å². The van der Waals surface area contributed by atoms with Crippen molar-refractivity contribution in [3.63, 3.8) is 0 Å². The molecule has 9 nitrogen and oxygen atoms in total. The van der Waals surface area contributed by atoms with Crippen LogP contribution in [0.3, 0.4) is 0 Å². The van der Waals surface area contributed by atoms with Gasteiger partial charge < -0.3 is 19.5 Å². The van der Waals surface area contributed by atoms with Crippen molar-refractivity contribution in [1.29, 1.82) is 0 Å². The van der Waals surface area contributed by atoms with Gasteiger partial charge in [0.2, 0.25) is 5.95 Å². The van der Waals surface area contributed by atoms with E-state index < -0.39 is 12.0 Å². The fourth-order valence-corrected chi connectivity index (χ4v) is 3.57. The summed E-state index contributed by atoms with van der Waals surface area (Å²) in [5.41, 5.74) is 2.90. The second-order valence-corrected chi connectivity index (χ2v) is 7.33. The summed E-state index contributed by atoms with van der Waals surface area (Å²) in [6.07, 6.45) is 0.730. The maximum atomic E-state index is 12.9. The first kappa shape index (κ1) is 21.4. The summed E-state index contributed by atoms with van der Waals surface area (Å²) in [6.45, 7) is 4.50. The summed E-state index contributed by atoms with van der Waals surface area (Å²) in [7, 11) is 1.58. The number of fused-ring (bicyclic) bond motifs is 1. The maximum Gasteiger partial charge on any atom is 0.338 e. The third kappa shape index (κ3) is 4.27. The van der Waals surface area contributed by atoms with Gasteiger partial charge in [-0.05, 0) is 47.0 Å². The van der Waals surface area contributed by atoms with Gasteiger partial charge in [0.15, 0.2) is 11.5 Å². The summed E-state index contributed by atoms with van der Waals surface area (Å²) < 4.78 is 18.6. The molecule has 32 heavy (non-hydrogen) atoms. The third-order valence-electron chi connectivity index (χ3n) is 5.11. The van der Waals surface area contributed by atoms with Crippen molar-refractivity contribution in [2.75, 3.05) is 19.0 Å². The molecule has 2 aromatic carbocycles. The Morgan fingerprint density at radius 2 is 1.97 bits per heavy atom. The Morgan fingerprint density at radius 1 is 1.16 bits per heavy atom. The molecule has 166 valence electrons. The molecule has 2 heterocycles. The van der Waals surface area contributed by atoms with Gasteiger partial charge in [0.1, 0.15) is 12.6 Å². The molecule has 0 saturated carbocycles. The lowest BCUT2D eigenvalue weighted by molar-refractivity contribution is -0.139. The Kier molecular flexibility index (Phi) is 6.34. The fraction of sp³-hybridized carbons (Fsp3) is 0.304. The molecule has 0 radical (unpaired) electrons. The lowest BCUT2D eigenvalue weighted by Crippen LogP contribution is -2.29. The minimum absolute atomic E-state index is 0.334. The van der Waals surface area contributed by atoms with Gasteiger partial charge in [0, 0.05) is 5.70 Å². The van der Waals surface area contributed by atoms with Crippen LogP contribution in [0.25, 0.3) is 0 Å². The van der Waals surface area contributed by atoms with Gasteiger partial charge in [0.05, 0.1) is 19.3 Å². The molecule has 1 aromatic heterocycles. The maximum absolute atomic E-state index is 12.9. The van der Waals surface area contributed by atoms with E-state index in [2.05, 4.69) is 20.8 Å². The monoisotopic (exact) mass is 435 g/mol. The molecular formula is C23H25N5O4. The molecule has 0 spiro atoms. The van der Waals surface area contributed by atoms with Crippen LogP contribution in [0.1, 0.15) is 37.4 Å². The van der Waals surface area contributed by atoms with Gasteiger partial charge in [-0.1, -0.05) is 48.4 Å². The molecule has 0 amide bonds. The number of ether oxygens (including phenoxy) is 3. The molecular weight excluding hydrogens is 410 g/mol. The van der Waals surface area contributed by atoms with Crippen LogP contribution in [0, 0.1) is 0 Å². The number of nitrogens with zero attached hydrogens (tertiary/aromatic N) is 4. The van der Waals surface area contributed by atoms with Crippen LogP contribution < -0.4 is 14.8 Å². The number of hydrogen-bond acceptors (Lipinski definition) is 8. The number of nitrogens with one attached hydrogen (secondary N) is 1.